The number of H-pyrrole nitrogens is 1. The summed E-state index contributed by atoms with van der Waals surface area (Å²) in [6.45, 7) is 1.95. The summed E-state index contributed by atoms with van der Waals surface area (Å²) in [4.78, 5) is 12.5. The number of amides is 1. The van der Waals surface area contributed by atoms with Gasteiger partial charge in [0.2, 0.25) is 0 Å². The quantitative estimate of drug-likeness (QED) is 0.722. The van der Waals surface area contributed by atoms with Crippen LogP contribution in [0.1, 0.15) is 23.0 Å². The van der Waals surface area contributed by atoms with Crippen LogP contribution < -0.4 is 5.32 Å². The van der Waals surface area contributed by atoms with E-state index in [0.29, 0.717) is 34.0 Å². The molecule has 3 aromatic rings. The number of nitrogens with one attached hydrogen (secondary N) is 2. The van der Waals surface area contributed by atoms with Crippen molar-refractivity contribution in [1.82, 2.24) is 10.2 Å². The lowest BCUT2D eigenvalue weighted by molar-refractivity contribution is 0.102. The highest BCUT2D eigenvalue weighted by molar-refractivity contribution is 6.34. The van der Waals surface area contributed by atoms with Gasteiger partial charge in [0, 0.05) is 5.56 Å². The van der Waals surface area contributed by atoms with Crippen LogP contribution >= 0.6 is 11.6 Å². The number of hydrogen-bond donors (Lipinski definition) is 2. The number of halogens is 2. The minimum atomic E-state index is -0.327. The van der Waals surface area contributed by atoms with E-state index in [2.05, 4.69) is 15.5 Å². The zero-order valence-electron chi connectivity index (χ0n) is 12.9. The highest BCUT2D eigenvalue weighted by Gasteiger charge is 2.18. The van der Waals surface area contributed by atoms with Crippen molar-refractivity contribution < 1.29 is 9.18 Å². The molecule has 0 aliphatic carbocycles. The standard InChI is InChI=1S/C18H15ClFN3O/c1-2-15-17(21-18(24)13-5-3-4-6-14(13)19)16(23-22-15)11-7-9-12(20)10-8-11/h3-10H,2H2,1H3,(H,21,24)(H,22,23). The Labute approximate surface area is 143 Å². The molecule has 0 unspecified atom stereocenters. The molecule has 0 aliphatic rings. The van der Waals surface area contributed by atoms with Crippen molar-refractivity contribution in [3.63, 3.8) is 0 Å². The highest BCUT2D eigenvalue weighted by atomic mass is 35.5. The van der Waals surface area contributed by atoms with E-state index in [4.69, 9.17) is 11.6 Å². The molecule has 0 saturated carbocycles. The molecule has 0 radical (unpaired) electrons. The van der Waals surface area contributed by atoms with Crippen molar-refractivity contribution in [2.24, 2.45) is 0 Å². The minimum Gasteiger partial charge on any atom is -0.318 e. The van der Waals surface area contributed by atoms with Gasteiger partial charge in [-0.2, -0.15) is 5.10 Å². The van der Waals surface area contributed by atoms with Crippen molar-refractivity contribution >= 4 is 23.2 Å². The maximum absolute atomic E-state index is 13.1. The van der Waals surface area contributed by atoms with E-state index in [1.54, 1.807) is 36.4 Å². The van der Waals surface area contributed by atoms with Crippen LogP contribution in [0.5, 0.6) is 0 Å². The molecule has 1 heterocycles. The summed E-state index contributed by atoms with van der Waals surface area (Å²) in [7, 11) is 0. The molecule has 24 heavy (non-hydrogen) atoms. The van der Waals surface area contributed by atoms with Gasteiger partial charge < -0.3 is 5.32 Å². The normalized spacial score (nSPS) is 10.6. The maximum Gasteiger partial charge on any atom is 0.257 e. The smallest absolute Gasteiger partial charge is 0.257 e. The first kappa shape index (κ1) is 16.2. The van der Waals surface area contributed by atoms with Crippen molar-refractivity contribution in [2.75, 3.05) is 5.32 Å². The molecule has 0 saturated heterocycles. The summed E-state index contributed by atoms with van der Waals surface area (Å²) in [5.74, 6) is -0.647. The number of nitrogens with zero attached hydrogens (tertiary/aromatic N) is 1. The first-order valence-electron chi connectivity index (χ1n) is 7.49. The number of aryl methyl sites for hydroxylation is 1. The Morgan fingerprint density at radius 1 is 1.21 bits per heavy atom. The van der Waals surface area contributed by atoms with E-state index in [0.717, 1.165) is 5.69 Å². The van der Waals surface area contributed by atoms with Gasteiger partial charge in [-0.15, -0.1) is 0 Å². The van der Waals surface area contributed by atoms with Crippen LogP contribution in [0.2, 0.25) is 5.02 Å². The summed E-state index contributed by atoms with van der Waals surface area (Å²) in [6.07, 6.45) is 0.659. The Morgan fingerprint density at radius 3 is 2.58 bits per heavy atom. The largest absolute Gasteiger partial charge is 0.318 e. The second kappa shape index (κ2) is 6.84. The molecular formula is C18H15ClFN3O. The van der Waals surface area contributed by atoms with Crippen LogP contribution in [0.25, 0.3) is 11.3 Å². The van der Waals surface area contributed by atoms with Crippen molar-refractivity contribution in [1.29, 1.82) is 0 Å². The predicted molar refractivity (Wildman–Crippen MR) is 92.8 cm³/mol. The van der Waals surface area contributed by atoms with Crippen LogP contribution in [0.4, 0.5) is 10.1 Å². The number of carbonyl (C=O) groups is 1. The third-order valence-corrected chi connectivity index (χ3v) is 4.00. The number of rotatable bonds is 4. The number of hydrogen-bond acceptors (Lipinski definition) is 2. The van der Waals surface area contributed by atoms with E-state index in [1.165, 1.54) is 12.1 Å². The average molecular weight is 344 g/mol. The Morgan fingerprint density at radius 2 is 1.92 bits per heavy atom. The maximum atomic E-state index is 13.1. The molecular weight excluding hydrogens is 329 g/mol. The fourth-order valence-corrected chi connectivity index (χ4v) is 2.63. The molecule has 0 atom stereocenters. The third-order valence-electron chi connectivity index (χ3n) is 3.67. The molecule has 0 bridgehead atoms. The van der Waals surface area contributed by atoms with Gasteiger partial charge in [-0.05, 0) is 42.8 Å². The molecule has 3 rings (SSSR count). The van der Waals surface area contributed by atoms with E-state index in [1.807, 2.05) is 6.92 Å². The second-order valence-electron chi connectivity index (χ2n) is 5.22. The summed E-state index contributed by atoms with van der Waals surface area (Å²) in [6, 6.07) is 12.8. The van der Waals surface area contributed by atoms with Crippen LogP contribution in [-0.4, -0.2) is 16.1 Å². The summed E-state index contributed by atoms with van der Waals surface area (Å²) in [5, 5.41) is 10.4. The van der Waals surface area contributed by atoms with Crippen LogP contribution in [0.3, 0.4) is 0 Å². The zero-order valence-corrected chi connectivity index (χ0v) is 13.7. The van der Waals surface area contributed by atoms with Gasteiger partial charge in [0.1, 0.15) is 11.5 Å². The molecule has 122 valence electrons. The fraction of sp³-hybridized carbons (Fsp3) is 0.111. The van der Waals surface area contributed by atoms with Crippen LogP contribution in [0.15, 0.2) is 48.5 Å². The number of aromatic nitrogens is 2. The molecule has 1 aromatic heterocycles. The lowest BCUT2D eigenvalue weighted by atomic mass is 10.1. The molecule has 2 aromatic carbocycles. The van der Waals surface area contributed by atoms with Gasteiger partial charge in [0.05, 0.1) is 22.0 Å². The van der Waals surface area contributed by atoms with E-state index >= 15 is 0 Å². The SMILES string of the molecule is CCc1[nH]nc(-c2ccc(F)cc2)c1NC(=O)c1ccccc1Cl. The number of aromatic amines is 1. The highest BCUT2D eigenvalue weighted by Crippen LogP contribution is 2.30. The molecule has 1 amide bonds. The Bertz CT molecular complexity index is 874. The number of anilines is 1. The van der Waals surface area contributed by atoms with Crippen molar-refractivity contribution in [3.8, 4) is 11.3 Å². The molecule has 0 fully saturated rings. The van der Waals surface area contributed by atoms with E-state index in [9.17, 15) is 9.18 Å². The van der Waals surface area contributed by atoms with Crippen LogP contribution in [0, 0.1) is 5.82 Å². The second-order valence-corrected chi connectivity index (χ2v) is 5.63. The molecule has 6 heteroatoms. The van der Waals surface area contributed by atoms with E-state index < -0.39 is 0 Å². The first-order chi connectivity index (χ1) is 11.6. The Hall–Kier alpha value is -2.66. The summed E-state index contributed by atoms with van der Waals surface area (Å²) in [5.41, 5.74) is 3.02. The summed E-state index contributed by atoms with van der Waals surface area (Å²) >= 11 is 6.08. The van der Waals surface area contributed by atoms with Gasteiger partial charge >= 0.3 is 0 Å². The lowest BCUT2D eigenvalue weighted by Crippen LogP contribution is -2.13. The fourth-order valence-electron chi connectivity index (χ4n) is 2.41. The molecule has 0 aliphatic heterocycles. The molecule has 2 N–H and O–H groups in total. The third kappa shape index (κ3) is 3.16. The lowest BCUT2D eigenvalue weighted by Gasteiger charge is -2.09. The molecule has 0 spiro atoms. The summed E-state index contributed by atoms with van der Waals surface area (Å²) < 4.78 is 13.1. The van der Waals surface area contributed by atoms with Gasteiger partial charge in [-0.3, -0.25) is 9.89 Å². The van der Waals surface area contributed by atoms with Gasteiger partial charge in [-0.1, -0.05) is 30.7 Å². The van der Waals surface area contributed by atoms with Crippen molar-refractivity contribution in [2.45, 2.75) is 13.3 Å². The van der Waals surface area contributed by atoms with E-state index in [-0.39, 0.29) is 11.7 Å². The van der Waals surface area contributed by atoms with Crippen LogP contribution in [-0.2, 0) is 6.42 Å². The molecule has 4 nitrogen and oxygen atoms in total. The number of benzene rings is 2. The van der Waals surface area contributed by atoms with Crippen molar-refractivity contribution in [3.05, 3.63) is 70.6 Å². The topological polar surface area (TPSA) is 57.8 Å². The van der Waals surface area contributed by atoms with Gasteiger partial charge in [0.15, 0.2) is 0 Å². The minimum absolute atomic E-state index is 0.319. The average Bonchev–Trinajstić information content (AvgIpc) is 2.98. The Kier molecular flexibility index (Phi) is 4.62. The number of carbonyl (C=O) groups excluding carboxylic acids is 1. The Balaban J connectivity index is 1.98. The first-order valence-corrected chi connectivity index (χ1v) is 7.87. The zero-order chi connectivity index (χ0) is 17.1. The van der Waals surface area contributed by atoms with Gasteiger partial charge in [-0.25, -0.2) is 4.39 Å². The predicted octanol–water partition coefficient (Wildman–Crippen LogP) is 4.68. The van der Waals surface area contributed by atoms with Gasteiger partial charge in [0.25, 0.3) is 5.91 Å². The monoisotopic (exact) mass is 343 g/mol.